The molecule has 5 nitrogen and oxygen atoms in total. The van der Waals surface area contributed by atoms with Crippen LogP contribution < -0.4 is 14.9 Å². The minimum Gasteiger partial charge on any atom is -0.496 e. The van der Waals surface area contributed by atoms with Crippen molar-refractivity contribution < 1.29 is 14.3 Å². The molecular formula is C20H24N2O3. The first-order chi connectivity index (χ1) is 12.0. The monoisotopic (exact) mass is 340 g/mol. The van der Waals surface area contributed by atoms with Gasteiger partial charge in [-0.25, -0.2) is 5.43 Å². The van der Waals surface area contributed by atoms with E-state index in [0.29, 0.717) is 17.9 Å². The molecule has 0 bridgehead atoms. The SMILES string of the molecule is CCCOc1ccc(C(=O)N/N=C(\C)c2cc(C)ccc2OC)cc1. The van der Waals surface area contributed by atoms with Gasteiger partial charge in [0.25, 0.3) is 5.91 Å². The van der Waals surface area contributed by atoms with Crippen molar-refractivity contribution in [3.05, 3.63) is 59.2 Å². The molecule has 132 valence electrons. The lowest BCUT2D eigenvalue weighted by atomic mass is 10.1. The molecule has 1 N–H and O–H groups in total. The molecule has 0 saturated heterocycles. The summed E-state index contributed by atoms with van der Waals surface area (Å²) in [5, 5.41) is 4.20. The number of amides is 1. The fourth-order valence-corrected chi connectivity index (χ4v) is 2.29. The second-order valence-electron chi connectivity index (χ2n) is 5.71. The van der Waals surface area contributed by atoms with Crippen molar-refractivity contribution in [2.75, 3.05) is 13.7 Å². The van der Waals surface area contributed by atoms with Crippen LogP contribution in [0.15, 0.2) is 47.6 Å². The van der Waals surface area contributed by atoms with Gasteiger partial charge in [-0.05, 0) is 56.7 Å². The molecule has 0 spiro atoms. The highest BCUT2D eigenvalue weighted by Crippen LogP contribution is 2.20. The summed E-state index contributed by atoms with van der Waals surface area (Å²) in [7, 11) is 1.61. The highest BCUT2D eigenvalue weighted by Gasteiger charge is 2.09. The van der Waals surface area contributed by atoms with Crippen molar-refractivity contribution in [2.45, 2.75) is 27.2 Å². The summed E-state index contributed by atoms with van der Waals surface area (Å²) in [5.74, 6) is 1.20. The van der Waals surface area contributed by atoms with Gasteiger partial charge < -0.3 is 9.47 Å². The van der Waals surface area contributed by atoms with E-state index in [2.05, 4.69) is 10.5 Å². The fourth-order valence-electron chi connectivity index (χ4n) is 2.29. The van der Waals surface area contributed by atoms with Crippen molar-refractivity contribution in [1.29, 1.82) is 0 Å². The minimum absolute atomic E-state index is 0.270. The molecule has 0 radical (unpaired) electrons. The topological polar surface area (TPSA) is 59.9 Å². The van der Waals surface area contributed by atoms with E-state index in [1.807, 2.05) is 39.0 Å². The third-order valence-corrected chi connectivity index (χ3v) is 3.66. The zero-order chi connectivity index (χ0) is 18.2. The number of nitrogens with one attached hydrogen (secondary N) is 1. The molecule has 2 rings (SSSR count). The number of methoxy groups -OCH3 is 1. The van der Waals surface area contributed by atoms with E-state index in [1.165, 1.54) is 0 Å². The quantitative estimate of drug-likeness (QED) is 0.613. The van der Waals surface area contributed by atoms with Gasteiger partial charge in [0.1, 0.15) is 11.5 Å². The van der Waals surface area contributed by atoms with Crippen LogP contribution in [-0.2, 0) is 0 Å². The van der Waals surface area contributed by atoms with E-state index in [1.54, 1.807) is 31.4 Å². The molecule has 0 aliphatic rings. The third kappa shape index (κ3) is 5.08. The number of rotatable bonds is 7. The summed E-state index contributed by atoms with van der Waals surface area (Å²) in [6, 6.07) is 12.8. The van der Waals surface area contributed by atoms with E-state index in [-0.39, 0.29) is 5.91 Å². The molecule has 0 atom stereocenters. The Kier molecular flexibility index (Phi) is 6.57. The molecular weight excluding hydrogens is 316 g/mol. The van der Waals surface area contributed by atoms with E-state index in [4.69, 9.17) is 9.47 Å². The molecule has 25 heavy (non-hydrogen) atoms. The fraction of sp³-hybridized carbons (Fsp3) is 0.300. The van der Waals surface area contributed by atoms with Gasteiger partial charge in [0.2, 0.25) is 0 Å². The number of aryl methyl sites for hydroxylation is 1. The van der Waals surface area contributed by atoms with Crippen LogP contribution in [0.25, 0.3) is 0 Å². The minimum atomic E-state index is -0.270. The second-order valence-corrected chi connectivity index (χ2v) is 5.71. The van der Waals surface area contributed by atoms with Gasteiger partial charge >= 0.3 is 0 Å². The average Bonchev–Trinajstić information content (AvgIpc) is 2.64. The second kappa shape index (κ2) is 8.87. The summed E-state index contributed by atoms with van der Waals surface area (Å²) in [5.41, 5.74) is 5.73. The number of carbonyl (C=O) groups is 1. The van der Waals surface area contributed by atoms with Crippen molar-refractivity contribution in [3.8, 4) is 11.5 Å². The maximum atomic E-state index is 12.2. The van der Waals surface area contributed by atoms with E-state index in [9.17, 15) is 4.79 Å². The molecule has 1 amide bonds. The molecule has 0 aliphatic carbocycles. The standard InChI is InChI=1S/C20H24N2O3/c1-5-12-25-17-9-7-16(8-10-17)20(23)22-21-15(3)18-13-14(2)6-11-19(18)24-4/h6-11,13H,5,12H2,1-4H3,(H,22,23)/b21-15+. The van der Waals surface area contributed by atoms with E-state index < -0.39 is 0 Å². The number of nitrogens with zero attached hydrogens (tertiary/aromatic N) is 1. The maximum Gasteiger partial charge on any atom is 0.271 e. The molecule has 0 aromatic heterocycles. The van der Waals surface area contributed by atoms with Crippen molar-refractivity contribution in [2.24, 2.45) is 5.10 Å². The lowest BCUT2D eigenvalue weighted by Crippen LogP contribution is -2.19. The molecule has 0 fully saturated rings. The van der Waals surface area contributed by atoms with E-state index in [0.717, 1.165) is 29.0 Å². The summed E-state index contributed by atoms with van der Waals surface area (Å²) in [6.45, 7) is 6.54. The van der Waals surface area contributed by atoms with Crippen LogP contribution in [0.2, 0.25) is 0 Å². The number of benzene rings is 2. The van der Waals surface area contributed by atoms with Crippen LogP contribution in [0, 0.1) is 6.92 Å². The molecule has 2 aromatic rings. The summed E-state index contributed by atoms with van der Waals surface area (Å²) < 4.78 is 10.9. The van der Waals surface area contributed by atoms with Crippen LogP contribution in [0.5, 0.6) is 11.5 Å². The van der Waals surface area contributed by atoms with Crippen LogP contribution >= 0.6 is 0 Å². The van der Waals surface area contributed by atoms with Crippen LogP contribution in [-0.4, -0.2) is 25.3 Å². The Morgan fingerprint density at radius 3 is 2.52 bits per heavy atom. The lowest BCUT2D eigenvalue weighted by molar-refractivity contribution is 0.0955. The Labute approximate surface area is 148 Å². The Hall–Kier alpha value is -2.82. The first kappa shape index (κ1) is 18.5. The molecule has 0 aliphatic heterocycles. The Morgan fingerprint density at radius 1 is 1.16 bits per heavy atom. The molecule has 5 heteroatoms. The molecule has 0 saturated carbocycles. The van der Waals surface area contributed by atoms with Crippen molar-refractivity contribution >= 4 is 11.6 Å². The Bertz CT molecular complexity index is 752. The zero-order valence-electron chi connectivity index (χ0n) is 15.1. The van der Waals surface area contributed by atoms with Gasteiger partial charge in [-0.3, -0.25) is 4.79 Å². The Balaban J connectivity index is 2.07. The van der Waals surface area contributed by atoms with Crippen LogP contribution in [0.1, 0.15) is 41.8 Å². The van der Waals surface area contributed by atoms with Crippen molar-refractivity contribution in [3.63, 3.8) is 0 Å². The molecule has 0 unspecified atom stereocenters. The third-order valence-electron chi connectivity index (χ3n) is 3.66. The summed E-state index contributed by atoms with van der Waals surface area (Å²) >= 11 is 0. The number of carbonyl (C=O) groups excluding carboxylic acids is 1. The summed E-state index contributed by atoms with van der Waals surface area (Å²) in [4.78, 5) is 12.2. The van der Waals surface area contributed by atoms with Gasteiger partial charge in [-0.15, -0.1) is 0 Å². The summed E-state index contributed by atoms with van der Waals surface area (Å²) in [6.07, 6.45) is 0.943. The van der Waals surface area contributed by atoms with Gasteiger partial charge in [-0.1, -0.05) is 18.6 Å². The average molecular weight is 340 g/mol. The molecule has 0 heterocycles. The predicted octanol–water partition coefficient (Wildman–Crippen LogP) is 3.95. The van der Waals surface area contributed by atoms with Gasteiger partial charge in [0, 0.05) is 11.1 Å². The largest absolute Gasteiger partial charge is 0.496 e. The van der Waals surface area contributed by atoms with Gasteiger partial charge in [-0.2, -0.15) is 5.10 Å². The number of ether oxygens (including phenoxy) is 2. The Morgan fingerprint density at radius 2 is 1.88 bits per heavy atom. The van der Waals surface area contributed by atoms with Gasteiger partial charge in [0.05, 0.1) is 19.4 Å². The maximum absolute atomic E-state index is 12.2. The van der Waals surface area contributed by atoms with Crippen LogP contribution in [0.4, 0.5) is 0 Å². The number of hydrogen-bond acceptors (Lipinski definition) is 4. The first-order valence-electron chi connectivity index (χ1n) is 8.27. The zero-order valence-corrected chi connectivity index (χ0v) is 15.1. The first-order valence-corrected chi connectivity index (χ1v) is 8.27. The normalized spacial score (nSPS) is 11.1. The predicted molar refractivity (Wildman–Crippen MR) is 99.6 cm³/mol. The highest BCUT2D eigenvalue weighted by molar-refractivity contribution is 6.02. The number of hydrogen-bond donors (Lipinski definition) is 1. The van der Waals surface area contributed by atoms with Crippen LogP contribution in [0.3, 0.4) is 0 Å². The molecule has 2 aromatic carbocycles. The smallest absolute Gasteiger partial charge is 0.271 e. The van der Waals surface area contributed by atoms with E-state index >= 15 is 0 Å². The van der Waals surface area contributed by atoms with Gasteiger partial charge in [0.15, 0.2) is 0 Å². The van der Waals surface area contributed by atoms with Crippen molar-refractivity contribution in [1.82, 2.24) is 5.43 Å². The lowest BCUT2D eigenvalue weighted by Gasteiger charge is -2.09. The highest BCUT2D eigenvalue weighted by atomic mass is 16.5. The number of hydrazone groups is 1.